The second-order valence-corrected chi connectivity index (χ2v) is 6.74. The van der Waals surface area contributed by atoms with Gasteiger partial charge < -0.3 is 24.1 Å². The second kappa shape index (κ2) is 10.9. The van der Waals surface area contributed by atoms with Crippen molar-refractivity contribution in [1.82, 2.24) is 9.88 Å². The molecule has 1 N–H and O–H groups in total. The van der Waals surface area contributed by atoms with Gasteiger partial charge in [-0.2, -0.15) is 5.26 Å². The van der Waals surface area contributed by atoms with Crippen LogP contribution in [0.4, 0.5) is 0 Å². The van der Waals surface area contributed by atoms with E-state index in [1.165, 1.54) is 0 Å². The molecule has 0 aliphatic rings. The third-order valence-corrected chi connectivity index (χ3v) is 4.74. The summed E-state index contributed by atoms with van der Waals surface area (Å²) in [6.45, 7) is 1.82. The number of ether oxygens (including phenoxy) is 3. The summed E-state index contributed by atoms with van der Waals surface area (Å²) in [4.78, 5) is 12.3. The Morgan fingerprint density at radius 3 is 2.55 bits per heavy atom. The zero-order valence-corrected chi connectivity index (χ0v) is 17.6. The van der Waals surface area contributed by atoms with E-state index in [0.717, 1.165) is 28.0 Å². The number of amides is 1. The summed E-state index contributed by atoms with van der Waals surface area (Å²) in [5.41, 5.74) is 1.86. The molecule has 0 bridgehead atoms. The lowest BCUT2D eigenvalue weighted by atomic mass is 10.1. The van der Waals surface area contributed by atoms with Crippen LogP contribution in [0.25, 0.3) is 17.0 Å². The van der Waals surface area contributed by atoms with Gasteiger partial charge in [0.1, 0.15) is 29.7 Å². The molecule has 0 saturated heterocycles. The number of hydrogen-bond acceptors (Lipinski definition) is 5. The number of hydrogen-bond donors (Lipinski definition) is 1. The summed E-state index contributed by atoms with van der Waals surface area (Å²) in [5.74, 6) is 1.12. The van der Waals surface area contributed by atoms with E-state index >= 15 is 0 Å². The Bertz CT molecular complexity index is 1090. The fourth-order valence-electron chi connectivity index (χ4n) is 3.17. The smallest absolute Gasteiger partial charge is 0.262 e. The number of nitriles is 1. The average molecular weight is 419 g/mol. The van der Waals surface area contributed by atoms with Crippen molar-refractivity contribution in [2.45, 2.75) is 6.54 Å². The van der Waals surface area contributed by atoms with E-state index in [0.29, 0.717) is 26.3 Å². The Morgan fingerprint density at radius 1 is 1.10 bits per heavy atom. The lowest BCUT2D eigenvalue weighted by Crippen LogP contribution is -2.27. The van der Waals surface area contributed by atoms with Crippen LogP contribution in [0, 0.1) is 11.3 Å². The highest BCUT2D eigenvalue weighted by atomic mass is 16.5. The number of para-hydroxylation sites is 1. The molecule has 31 heavy (non-hydrogen) atoms. The number of benzene rings is 2. The fourth-order valence-corrected chi connectivity index (χ4v) is 3.17. The van der Waals surface area contributed by atoms with Gasteiger partial charge in [0.15, 0.2) is 0 Å². The normalized spacial score (nSPS) is 11.2. The fraction of sp³-hybridized carbons (Fsp3) is 0.250. The van der Waals surface area contributed by atoms with Crippen molar-refractivity contribution in [2.24, 2.45) is 0 Å². The summed E-state index contributed by atoms with van der Waals surface area (Å²) >= 11 is 0. The molecule has 0 saturated carbocycles. The molecule has 1 aromatic heterocycles. The molecule has 7 heteroatoms. The third-order valence-electron chi connectivity index (χ3n) is 4.74. The van der Waals surface area contributed by atoms with Crippen molar-refractivity contribution in [3.8, 4) is 17.6 Å². The van der Waals surface area contributed by atoms with E-state index in [-0.39, 0.29) is 5.57 Å². The predicted molar refractivity (Wildman–Crippen MR) is 119 cm³/mol. The summed E-state index contributed by atoms with van der Waals surface area (Å²) < 4.78 is 18.0. The average Bonchev–Trinajstić information content (AvgIpc) is 3.15. The monoisotopic (exact) mass is 419 g/mol. The van der Waals surface area contributed by atoms with Crippen LogP contribution in [0.5, 0.6) is 11.5 Å². The van der Waals surface area contributed by atoms with Gasteiger partial charge in [-0.1, -0.05) is 18.2 Å². The van der Waals surface area contributed by atoms with Gasteiger partial charge >= 0.3 is 0 Å². The first-order chi connectivity index (χ1) is 15.2. The van der Waals surface area contributed by atoms with Gasteiger partial charge in [-0.3, -0.25) is 4.79 Å². The van der Waals surface area contributed by atoms with Gasteiger partial charge in [0.2, 0.25) is 0 Å². The summed E-state index contributed by atoms with van der Waals surface area (Å²) in [7, 11) is 3.18. The first kappa shape index (κ1) is 21.9. The maximum atomic E-state index is 12.3. The number of methoxy groups -OCH3 is 2. The van der Waals surface area contributed by atoms with Crippen LogP contribution in [-0.4, -0.2) is 44.5 Å². The highest BCUT2D eigenvalue weighted by Gasteiger charge is 2.12. The van der Waals surface area contributed by atoms with Crippen LogP contribution in [0.15, 0.2) is 60.3 Å². The quantitative estimate of drug-likeness (QED) is 0.309. The maximum Gasteiger partial charge on any atom is 0.262 e. The largest absolute Gasteiger partial charge is 0.497 e. The van der Waals surface area contributed by atoms with E-state index in [1.807, 2.05) is 60.8 Å². The van der Waals surface area contributed by atoms with Gasteiger partial charge in [0.05, 0.1) is 20.3 Å². The van der Waals surface area contributed by atoms with E-state index < -0.39 is 5.91 Å². The molecule has 160 valence electrons. The number of carbonyl (C=O) groups excluding carboxylic acids is 1. The van der Waals surface area contributed by atoms with Crippen molar-refractivity contribution in [1.29, 1.82) is 5.26 Å². The Morgan fingerprint density at radius 2 is 1.84 bits per heavy atom. The highest BCUT2D eigenvalue weighted by Crippen LogP contribution is 2.24. The number of carbonyl (C=O) groups is 1. The van der Waals surface area contributed by atoms with Crippen molar-refractivity contribution < 1.29 is 19.0 Å². The van der Waals surface area contributed by atoms with Crippen LogP contribution in [-0.2, 0) is 16.1 Å². The predicted octanol–water partition coefficient (Wildman–Crippen LogP) is 3.40. The minimum Gasteiger partial charge on any atom is -0.497 e. The van der Waals surface area contributed by atoms with Crippen LogP contribution < -0.4 is 14.8 Å². The van der Waals surface area contributed by atoms with Crippen molar-refractivity contribution in [2.75, 3.05) is 34.0 Å². The summed E-state index contributed by atoms with van der Waals surface area (Å²) in [6.07, 6.45) is 3.55. The topological polar surface area (TPSA) is 85.5 Å². The SMILES string of the molecule is COCCNC(=O)C(C#N)=Cc1cn(CCOc2ccc(OC)cc2)c2ccccc12. The Kier molecular flexibility index (Phi) is 7.68. The zero-order chi connectivity index (χ0) is 22.1. The van der Waals surface area contributed by atoms with Gasteiger partial charge in [-0.25, -0.2) is 0 Å². The lowest BCUT2D eigenvalue weighted by molar-refractivity contribution is -0.117. The number of fused-ring (bicyclic) bond motifs is 1. The summed E-state index contributed by atoms with van der Waals surface area (Å²) in [6, 6.07) is 17.3. The molecule has 2 aromatic carbocycles. The molecule has 0 atom stereocenters. The van der Waals surface area contributed by atoms with Crippen LogP contribution in [0.3, 0.4) is 0 Å². The molecule has 1 amide bonds. The first-order valence-corrected chi connectivity index (χ1v) is 9.90. The molecule has 3 aromatic rings. The van der Waals surface area contributed by atoms with E-state index in [9.17, 15) is 10.1 Å². The Labute approximate surface area is 181 Å². The first-order valence-electron chi connectivity index (χ1n) is 9.90. The standard InChI is InChI=1S/C24H25N3O4/c1-29-13-11-26-24(28)18(16-25)15-19-17-27(23-6-4-3-5-22(19)23)12-14-31-21-9-7-20(30-2)8-10-21/h3-10,15,17H,11-14H2,1-2H3,(H,26,28). The zero-order valence-electron chi connectivity index (χ0n) is 17.6. The molecule has 0 fully saturated rings. The highest BCUT2D eigenvalue weighted by molar-refractivity contribution is 6.04. The van der Waals surface area contributed by atoms with Gasteiger partial charge in [0, 0.05) is 36.3 Å². The van der Waals surface area contributed by atoms with Crippen LogP contribution in [0.1, 0.15) is 5.56 Å². The summed E-state index contributed by atoms with van der Waals surface area (Å²) in [5, 5.41) is 13.1. The Hall–Kier alpha value is -3.76. The van der Waals surface area contributed by atoms with Gasteiger partial charge in [-0.15, -0.1) is 0 Å². The van der Waals surface area contributed by atoms with Crippen molar-refractivity contribution in [3.05, 3.63) is 65.9 Å². The van der Waals surface area contributed by atoms with Crippen LogP contribution >= 0.6 is 0 Å². The minimum atomic E-state index is -0.417. The van der Waals surface area contributed by atoms with Gasteiger partial charge in [-0.05, 0) is 36.4 Å². The number of rotatable bonds is 10. The number of nitrogens with one attached hydrogen (secondary N) is 1. The molecule has 0 aliphatic carbocycles. The number of nitrogens with zero attached hydrogens (tertiary/aromatic N) is 2. The molecular formula is C24H25N3O4. The molecule has 0 unspecified atom stereocenters. The van der Waals surface area contributed by atoms with Gasteiger partial charge in [0.25, 0.3) is 5.91 Å². The molecular weight excluding hydrogens is 394 g/mol. The molecule has 0 aliphatic heterocycles. The molecule has 7 nitrogen and oxygen atoms in total. The lowest BCUT2D eigenvalue weighted by Gasteiger charge is -2.09. The van der Waals surface area contributed by atoms with E-state index in [1.54, 1.807) is 20.3 Å². The molecule has 1 heterocycles. The number of aromatic nitrogens is 1. The van der Waals surface area contributed by atoms with E-state index in [2.05, 4.69) is 9.88 Å². The van der Waals surface area contributed by atoms with Crippen molar-refractivity contribution >= 4 is 22.9 Å². The van der Waals surface area contributed by atoms with Crippen LogP contribution in [0.2, 0.25) is 0 Å². The maximum absolute atomic E-state index is 12.3. The molecule has 0 spiro atoms. The van der Waals surface area contributed by atoms with E-state index in [4.69, 9.17) is 14.2 Å². The Balaban J connectivity index is 1.76. The third kappa shape index (κ3) is 5.65. The molecule has 0 radical (unpaired) electrons. The minimum absolute atomic E-state index is 0.0495. The second-order valence-electron chi connectivity index (χ2n) is 6.74. The van der Waals surface area contributed by atoms with Crippen molar-refractivity contribution in [3.63, 3.8) is 0 Å². The molecule has 3 rings (SSSR count).